The van der Waals surface area contributed by atoms with Gasteiger partial charge in [-0.05, 0) is 36.9 Å². The lowest BCUT2D eigenvalue weighted by molar-refractivity contribution is -0.142. The Morgan fingerprint density at radius 1 is 0.659 bits per heavy atom. The molecular weight excluding hydrogens is 530 g/mol. The molecule has 3 amide bonds. The van der Waals surface area contributed by atoms with Gasteiger partial charge in [0.15, 0.2) is 0 Å². The highest BCUT2D eigenvalue weighted by Gasteiger charge is 2.31. The molecule has 9 N–H and O–H groups in total. The van der Waals surface area contributed by atoms with Crippen LogP contribution in [-0.2, 0) is 36.8 Å². The Kier molecular flexibility index (Phi) is 14.0. The van der Waals surface area contributed by atoms with Gasteiger partial charge in [0.05, 0.1) is 6.04 Å². The smallest absolute Gasteiger partial charge is 0.326 e. The summed E-state index contributed by atoms with van der Waals surface area (Å²) in [5.41, 5.74) is 12.8. The zero-order valence-corrected chi connectivity index (χ0v) is 22.8. The van der Waals surface area contributed by atoms with E-state index in [-0.39, 0.29) is 19.3 Å². The molecule has 2 rings (SSSR count). The SMILES string of the molecule is NCCCCC(N)C(=O)NC(CCC(=O)O)C(=O)NC(Cc1ccccc1)C(=O)NC(Cc1ccccc1)C(=O)O. The number of rotatable bonds is 18. The van der Waals surface area contributed by atoms with Crippen LogP contribution in [0.25, 0.3) is 0 Å². The first-order valence-corrected chi connectivity index (χ1v) is 13.5. The number of unbranched alkanes of at least 4 members (excludes halogenated alkanes) is 1. The van der Waals surface area contributed by atoms with Gasteiger partial charge in [0.2, 0.25) is 17.7 Å². The highest BCUT2D eigenvalue weighted by atomic mass is 16.4. The van der Waals surface area contributed by atoms with Crippen molar-refractivity contribution in [3.8, 4) is 0 Å². The molecule has 0 saturated heterocycles. The highest BCUT2D eigenvalue weighted by Crippen LogP contribution is 2.09. The van der Waals surface area contributed by atoms with Gasteiger partial charge in [0, 0.05) is 19.3 Å². The molecule has 0 radical (unpaired) electrons. The van der Waals surface area contributed by atoms with Crippen LogP contribution in [0.5, 0.6) is 0 Å². The molecule has 0 spiro atoms. The maximum absolute atomic E-state index is 13.4. The van der Waals surface area contributed by atoms with Gasteiger partial charge >= 0.3 is 11.9 Å². The van der Waals surface area contributed by atoms with Crippen molar-refractivity contribution in [1.29, 1.82) is 0 Å². The Morgan fingerprint density at radius 3 is 1.66 bits per heavy atom. The van der Waals surface area contributed by atoms with Crippen molar-refractivity contribution in [3.63, 3.8) is 0 Å². The van der Waals surface area contributed by atoms with E-state index in [4.69, 9.17) is 16.6 Å². The van der Waals surface area contributed by atoms with E-state index < -0.39 is 60.2 Å². The second-order valence-corrected chi connectivity index (χ2v) is 9.72. The zero-order valence-electron chi connectivity index (χ0n) is 22.8. The summed E-state index contributed by atoms with van der Waals surface area (Å²) in [4.78, 5) is 62.5. The largest absolute Gasteiger partial charge is 0.481 e. The topological polar surface area (TPSA) is 214 Å². The number of hydrogen-bond acceptors (Lipinski definition) is 7. The van der Waals surface area contributed by atoms with Gasteiger partial charge in [-0.3, -0.25) is 19.2 Å². The molecule has 0 fully saturated rings. The lowest BCUT2D eigenvalue weighted by Gasteiger charge is -2.25. The van der Waals surface area contributed by atoms with Crippen molar-refractivity contribution in [1.82, 2.24) is 16.0 Å². The maximum atomic E-state index is 13.4. The number of carboxylic acids is 2. The minimum absolute atomic E-state index is 0.0211. The molecule has 222 valence electrons. The molecule has 0 bridgehead atoms. The summed E-state index contributed by atoms with van der Waals surface area (Å²) in [5.74, 6) is -4.59. The summed E-state index contributed by atoms with van der Waals surface area (Å²) in [6, 6.07) is 12.8. The number of carbonyl (C=O) groups is 5. The molecule has 2 aromatic carbocycles. The van der Waals surface area contributed by atoms with E-state index in [0.717, 1.165) is 0 Å². The number of aliphatic carboxylic acids is 2. The molecule has 12 nitrogen and oxygen atoms in total. The van der Waals surface area contributed by atoms with Crippen LogP contribution in [-0.4, -0.2) is 70.6 Å². The summed E-state index contributed by atoms with van der Waals surface area (Å²) >= 11 is 0. The molecule has 41 heavy (non-hydrogen) atoms. The van der Waals surface area contributed by atoms with Crippen LogP contribution in [0.15, 0.2) is 60.7 Å². The number of amides is 3. The van der Waals surface area contributed by atoms with Crippen LogP contribution in [0.2, 0.25) is 0 Å². The molecule has 12 heteroatoms. The maximum Gasteiger partial charge on any atom is 0.326 e. The lowest BCUT2D eigenvalue weighted by atomic mass is 10.0. The summed E-state index contributed by atoms with van der Waals surface area (Å²) in [7, 11) is 0. The average molecular weight is 570 g/mol. The normalized spacial score (nSPS) is 13.7. The Morgan fingerprint density at radius 2 is 1.15 bits per heavy atom. The third kappa shape index (κ3) is 12.2. The Bertz CT molecular complexity index is 1150. The molecule has 0 aliphatic carbocycles. The third-order valence-corrected chi connectivity index (χ3v) is 6.40. The number of benzene rings is 2. The third-order valence-electron chi connectivity index (χ3n) is 6.40. The summed E-state index contributed by atoms with van der Waals surface area (Å²) in [6.45, 7) is 0.441. The molecule has 0 saturated carbocycles. The van der Waals surface area contributed by atoms with Gasteiger partial charge in [-0.15, -0.1) is 0 Å². The average Bonchev–Trinajstić information content (AvgIpc) is 2.95. The summed E-state index contributed by atoms with van der Waals surface area (Å²) in [6.07, 6.45) is 0.975. The van der Waals surface area contributed by atoms with Crippen LogP contribution in [0.1, 0.15) is 43.2 Å². The van der Waals surface area contributed by atoms with Crippen LogP contribution in [0.3, 0.4) is 0 Å². The molecule has 4 atom stereocenters. The number of hydrogen-bond donors (Lipinski definition) is 7. The fourth-order valence-corrected chi connectivity index (χ4v) is 4.11. The first-order valence-electron chi connectivity index (χ1n) is 13.5. The standard InChI is InChI=1S/C29H39N5O7/c30-16-8-7-13-21(31)26(37)32-22(14-15-25(35)36)27(38)33-23(17-19-9-3-1-4-10-19)28(39)34-24(29(40)41)18-20-11-5-2-6-12-20/h1-6,9-12,21-24H,7-8,13-18,30-31H2,(H,32,37)(H,33,38)(H,34,39)(H,35,36)(H,40,41). The second kappa shape index (κ2) is 17.4. The molecule has 0 heterocycles. The molecule has 0 aliphatic heterocycles. The first-order chi connectivity index (χ1) is 19.6. The summed E-state index contributed by atoms with van der Waals surface area (Å²) in [5, 5.41) is 26.5. The Hall–Kier alpha value is -4.29. The fourth-order valence-electron chi connectivity index (χ4n) is 4.11. The van der Waals surface area contributed by atoms with E-state index in [0.29, 0.717) is 36.9 Å². The monoisotopic (exact) mass is 569 g/mol. The first kappa shape index (κ1) is 32.9. The number of carbonyl (C=O) groups excluding carboxylic acids is 3. The number of carboxylic acid groups (broad SMARTS) is 2. The van der Waals surface area contributed by atoms with Gasteiger partial charge in [-0.1, -0.05) is 67.1 Å². The molecule has 0 aromatic heterocycles. The molecular formula is C29H39N5O7. The minimum atomic E-state index is -1.29. The van der Waals surface area contributed by atoms with Crippen molar-refractivity contribution in [2.75, 3.05) is 6.54 Å². The predicted octanol–water partition coefficient (Wildman–Crippen LogP) is 0.332. The van der Waals surface area contributed by atoms with Gasteiger partial charge in [-0.25, -0.2) is 4.79 Å². The van der Waals surface area contributed by atoms with E-state index in [1.54, 1.807) is 60.7 Å². The Labute approximate surface area is 238 Å². The molecule has 2 aromatic rings. The van der Waals surface area contributed by atoms with Gasteiger partial charge in [0.1, 0.15) is 18.1 Å². The molecule has 0 aliphatic rings. The lowest BCUT2D eigenvalue weighted by Crippen LogP contribution is -2.57. The van der Waals surface area contributed by atoms with Crippen LogP contribution < -0.4 is 27.4 Å². The fraction of sp³-hybridized carbons (Fsp3) is 0.414. The van der Waals surface area contributed by atoms with E-state index in [2.05, 4.69) is 16.0 Å². The minimum Gasteiger partial charge on any atom is -0.481 e. The Balaban J connectivity index is 2.22. The number of nitrogens with two attached hydrogens (primary N) is 2. The van der Waals surface area contributed by atoms with Crippen molar-refractivity contribution < 1.29 is 34.2 Å². The highest BCUT2D eigenvalue weighted by molar-refractivity contribution is 5.94. The van der Waals surface area contributed by atoms with E-state index >= 15 is 0 Å². The van der Waals surface area contributed by atoms with Crippen LogP contribution in [0.4, 0.5) is 0 Å². The second-order valence-electron chi connectivity index (χ2n) is 9.72. The van der Waals surface area contributed by atoms with E-state index in [1.807, 2.05) is 0 Å². The van der Waals surface area contributed by atoms with Crippen molar-refractivity contribution in [2.24, 2.45) is 11.5 Å². The van der Waals surface area contributed by atoms with E-state index in [9.17, 15) is 29.1 Å². The van der Waals surface area contributed by atoms with Gasteiger partial charge < -0.3 is 37.6 Å². The van der Waals surface area contributed by atoms with Crippen molar-refractivity contribution in [3.05, 3.63) is 71.8 Å². The van der Waals surface area contributed by atoms with Crippen molar-refractivity contribution >= 4 is 29.7 Å². The molecule has 4 unspecified atom stereocenters. The van der Waals surface area contributed by atoms with Gasteiger partial charge in [0.25, 0.3) is 0 Å². The van der Waals surface area contributed by atoms with Crippen LogP contribution in [0, 0.1) is 0 Å². The summed E-state index contributed by atoms with van der Waals surface area (Å²) < 4.78 is 0. The van der Waals surface area contributed by atoms with E-state index in [1.165, 1.54) is 0 Å². The van der Waals surface area contributed by atoms with Crippen LogP contribution >= 0.6 is 0 Å². The quantitative estimate of drug-likeness (QED) is 0.123. The zero-order chi connectivity index (χ0) is 30.2. The predicted molar refractivity (Wildman–Crippen MR) is 151 cm³/mol. The number of nitrogens with one attached hydrogen (secondary N) is 3. The van der Waals surface area contributed by atoms with Gasteiger partial charge in [-0.2, -0.15) is 0 Å². The van der Waals surface area contributed by atoms with Crippen molar-refractivity contribution in [2.45, 2.75) is 69.1 Å².